The Kier molecular flexibility index (Phi) is 3.42. The van der Waals surface area contributed by atoms with Gasteiger partial charge in [-0.1, -0.05) is 12.2 Å². The molecular weight excluding hydrogens is 96.1 g/mol. The van der Waals surface area contributed by atoms with E-state index < -0.39 is 0 Å². The Morgan fingerprint density at radius 1 is 1.50 bits per heavy atom. The molecule has 0 aromatic carbocycles. The standard InChI is InChI=1S/C8H15/c1-7(2)5-6-8(3)4/h1,5-6H2,2-4H3/q+1. The van der Waals surface area contributed by atoms with Crippen LogP contribution in [0.2, 0.25) is 0 Å². The molecule has 0 radical (unpaired) electrons. The van der Waals surface area contributed by atoms with Gasteiger partial charge in [-0.05, 0) is 6.92 Å². The first-order valence-corrected chi connectivity index (χ1v) is 3.06. The van der Waals surface area contributed by atoms with Crippen molar-refractivity contribution < 1.29 is 0 Å². The van der Waals surface area contributed by atoms with Gasteiger partial charge in [-0.15, -0.1) is 0 Å². The van der Waals surface area contributed by atoms with Crippen LogP contribution < -0.4 is 0 Å². The Morgan fingerprint density at radius 3 is 2.12 bits per heavy atom. The highest BCUT2D eigenvalue weighted by Gasteiger charge is 2.01. The maximum absolute atomic E-state index is 3.81. The fourth-order valence-electron chi connectivity index (χ4n) is 0.463. The van der Waals surface area contributed by atoms with Crippen LogP contribution in [0.25, 0.3) is 0 Å². The zero-order valence-corrected chi connectivity index (χ0v) is 6.12. The van der Waals surface area contributed by atoms with Gasteiger partial charge < -0.3 is 0 Å². The molecule has 0 amide bonds. The Morgan fingerprint density at radius 2 is 2.00 bits per heavy atom. The molecule has 0 heterocycles. The Balaban J connectivity index is 3.05. The minimum atomic E-state index is 1.16. The Hall–Kier alpha value is -0.390. The molecular formula is C8H15+. The maximum atomic E-state index is 3.81. The van der Waals surface area contributed by atoms with Gasteiger partial charge in [0, 0.05) is 6.42 Å². The predicted octanol–water partition coefficient (Wildman–Crippen LogP) is 2.96. The Bertz CT molecular complexity index is 70.1. The fraction of sp³-hybridized carbons (Fsp3) is 0.625. The van der Waals surface area contributed by atoms with E-state index in [1.165, 1.54) is 17.9 Å². The number of allylic oxidation sites excluding steroid dienone is 1. The van der Waals surface area contributed by atoms with Crippen molar-refractivity contribution in [2.24, 2.45) is 0 Å². The maximum Gasteiger partial charge on any atom is 0.0931 e. The monoisotopic (exact) mass is 111 g/mol. The minimum absolute atomic E-state index is 1.16. The van der Waals surface area contributed by atoms with Crippen molar-refractivity contribution in [3.8, 4) is 0 Å². The van der Waals surface area contributed by atoms with Gasteiger partial charge in [0.15, 0.2) is 0 Å². The van der Waals surface area contributed by atoms with Crippen molar-refractivity contribution in [1.82, 2.24) is 0 Å². The lowest BCUT2D eigenvalue weighted by atomic mass is 10.1. The summed E-state index contributed by atoms with van der Waals surface area (Å²) in [5, 5.41) is 0. The summed E-state index contributed by atoms with van der Waals surface area (Å²) in [5.74, 6) is 1.49. The summed E-state index contributed by atoms with van der Waals surface area (Å²) in [4.78, 5) is 0. The molecule has 0 atom stereocenters. The van der Waals surface area contributed by atoms with E-state index in [-0.39, 0.29) is 0 Å². The molecule has 0 heteroatoms. The molecule has 0 spiro atoms. The lowest BCUT2D eigenvalue weighted by Gasteiger charge is -1.92. The molecule has 0 aromatic rings. The smallest absolute Gasteiger partial charge is 0.0931 e. The van der Waals surface area contributed by atoms with Gasteiger partial charge in [0.25, 0.3) is 0 Å². The average Bonchev–Trinajstić information content (AvgIpc) is 1.61. The van der Waals surface area contributed by atoms with Crippen molar-refractivity contribution in [1.29, 1.82) is 0 Å². The van der Waals surface area contributed by atoms with Gasteiger partial charge in [-0.3, -0.25) is 0 Å². The number of hydrogen-bond acceptors (Lipinski definition) is 0. The van der Waals surface area contributed by atoms with Crippen molar-refractivity contribution >= 4 is 0 Å². The second kappa shape index (κ2) is 3.59. The van der Waals surface area contributed by atoms with Crippen LogP contribution in [0, 0.1) is 5.92 Å². The van der Waals surface area contributed by atoms with Crippen LogP contribution in [0.4, 0.5) is 0 Å². The van der Waals surface area contributed by atoms with Gasteiger partial charge in [0.05, 0.1) is 26.2 Å². The molecule has 0 saturated heterocycles. The van der Waals surface area contributed by atoms with Crippen molar-refractivity contribution in [3.63, 3.8) is 0 Å². The quantitative estimate of drug-likeness (QED) is 0.388. The van der Waals surface area contributed by atoms with Crippen molar-refractivity contribution in [2.45, 2.75) is 33.6 Å². The van der Waals surface area contributed by atoms with Gasteiger partial charge in [-0.2, -0.15) is 0 Å². The first-order valence-electron chi connectivity index (χ1n) is 3.06. The minimum Gasteiger partial charge on any atom is -0.1000 e. The third-order valence-electron chi connectivity index (χ3n) is 1.05. The summed E-state index contributed by atoms with van der Waals surface area (Å²) in [7, 11) is 0. The molecule has 0 nitrogen and oxygen atoms in total. The molecule has 8 heavy (non-hydrogen) atoms. The van der Waals surface area contributed by atoms with E-state index >= 15 is 0 Å². The van der Waals surface area contributed by atoms with E-state index in [9.17, 15) is 0 Å². The average molecular weight is 111 g/mol. The van der Waals surface area contributed by atoms with E-state index in [1.807, 2.05) is 0 Å². The lowest BCUT2D eigenvalue weighted by molar-refractivity contribution is 0.824. The number of rotatable bonds is 3. The third kappa shape index (κ3) is 5.61. The first kappa shape index (κ1) is 7.61. The Labute approximate surface area is 52.6 Å². The van der Waals surface area contributed by atoms with E-state index in [0.29, 0.717) is 0 Å². The lowest BCUT2D eigenvalue weighted by Crippen LogP contribution is -1.83. The highest BCUT2D eigenvalue weighted by molar-refractivity contribution is 4.92. The summed E-state index contributed by atoms with van der Waals surface area (Å²) in [6, 6.07) is 0. The van der Waals surface area contributed by atoms with E-state index in [2.05, 4.69) is 27.4 Å². The fourth-order valence-corrected chi connectivity index (χ4v) is 0.463. The normalized spacial score (nSPS) is 8.88. The zero-order valence-electron chi connectivity index (χ0n) is 6.12. The first-order chi connectivity index (χ1) is 3.63. The molecule has 0 bridgehead atoms. The van der Waals surface area contributed by atoms with Gasteiger partial charge in [0.1, 0.15) is 0 Å². The third-order valence-corrected chi connectivity index (χ3v) is 1.05. The SMILES string of the molecule is C=C(C)CC[C+](C)C. The van der Waals surface area contributed by atoms with Crippen LogP contribution in [-0.4, -0.2) is 0 Å². The summed E-state index contributed by atoms with van der Waals surface area (Å²) >= 11 is 0. The topological polar surface area (TPSA) is 0 Å². The molecule has 0 rings (SSSR count). The van der Waals surface area contributed by atoms with Crippen molar-refractivity contribution in [3.05, 3.63) is 18.1 Å². The molecule has 0 aliphatic carbocycles. The summed E-state index contributed by atoms with van der Waals surface area (Å²) < 4.78 is 0. The van der Waals surface area contributed by atoms with Gasteiger partial charge in [-0.25, -0.2) is 0 Å². The van der Waals surface area contributed by atoms with Crippen LogP contribution >= 0.6 is 0 Å². The molecule has 0 aliphatic heterocycles. The van der Waals surface area contributed by atoms with Gasteiger partial charge in [0.2, 0.25) is 0 Å². The zero-order chi connectivity index (χ0) is 6.57. The number of hydrogen-bond donors (Lipinski definition) is 0. The van der Waals surface area contributed by atoms with Crippen LogP contribution in [0.3, 0.4) is 0 Å². The molecule has 0 unspecified atom stereocenters. The second-order valence-corrected chi connectivity index (χ2v) is 2.66. The van der Waals surface area contributed by atoms with Crippen LogP contribution in [0.15, 0.2) is 12.2 Å². The van der Waals surface area contributed by atoms with Gasteiger partial charge >= 0.3 is 0 Å². The van der Waals surface area contributed by atoms with E-state index in [0.717, 1.165) is 6.42 Å². The van der Waals surface area contributed by atoms with Crippen molar-refractivity contribution in [2.75, 3.05) is 0 Å². The second-order valence-electron chi connectivity index (χ2n) is 2.66. The molecule has 0 fully saturated rings. The van der Waals surface area contributed by atoms with Crippen LogP contribution in [-0.2, 0) is 0 Å². The molecule has 0 aromatic heterocycles. The molecule has 0 aliphatic rings. The van der Waals surface area contributed by atoms with E-state index in [4.69, 9.17) is 0 Å². The summed E-state index contributed by atoms with van der Waals surface area (Å²) in [6.45, 7) is 10.2. The summed E-state index contributed by atoms with van der Waals surface area (Å²) in [5.41, 5.74) is 1.28. The predicted molar refractivity (Wildman–Crippen MR) is 38.6 cm³/mol. The highest BCUT2D eigenvalue weighted by atomic mass is 14.0. The molecule has 46 valence electrons. The molecule has 0 N–H and O–H groups in total. The highest BCUT2D eigenvalue weighted by Crippen LogP contribution is 2.09. The van der Waals surface area contributed by atoms with Crippen LogP contribution in [0.1, 0.15) is 33.6 Å². The summed E-state index contributed by atoms with van der Waals surface area (Å²) in [6.07, 6.45) is 2.36. The largest absolute Gasteiger partial charge is 0.1000 e. The van der Waals surface area contributed by atoms with Crippen LogP contribution in [0.5, 0.6) is 0 Å². The van der Waals surface area contributed by atoms with E-state index in [1.54, 1.807) is 0 Å². The molecule has 0 saturated carbocycles.